The van der Waals surface area contributed by atoms with E-state index in [2.05, 4.69) is 21.6 Å². The molecule has 2 fully saturated rings. The van der Waals surface area contributed by atoms with Crippen molar-refractivity contribution in [3.05, 3.63) is 39.3 Å². The molecule has 2 N–H and O–H groups in total. The minimum atomic E-state index is -0.169. The first-order valence-electron chi connectivity index (χ1n) is 9.52. The Balaban J connectivity index is 0.00000180. The van der Waals surface area contributed by atoms with E-state index in [0.717, 1.165) is 69.0 Å². The molecule has 6 nitrogen and oxygen atoms in total. The van der Waals surface area contributed by atoms with Crippen LogP contribution in [0, 0.1) is 0 Å². The van der Waals surface area contributed by atoms with E-state index in [0.29, 0.717) is 5.92 Å². The molecule has 0 aromatic carbocycles. The molecule has 0 bridgehead atoms. The molecule has 1 atom stereocenters. The van der Waals surface area contributed by atoms with Crippen molar-refractivity contribution >= 4 is 29.7 Å². The number of carbonyl (C=O) groups excluding carboxylic acids is 1. The van der Waals surface area contributed by atoms with Crippen molar-refractivity contribution in [2.45, 2.75) is 37.2 Å². The van der Waals surface area contributed by atoms with Gasteiger partial charge in [-0.05, 0) is 50.0 Å². The number of nitrogens with one attached hydrogen (secondary N) is 2. The Kier molecular flexibility index (Phi) is 5.29. The number of aromatic nitrogens is 2. The van der Waals surface area contributed by atoms with E-state index < -0.39 is 0 Å². The van der Waals surface area contributed by atoms with Crippen molar-refractivity contribution in [3.8, 4) is 0 Å². The molecule has 2 saturated heterocycles. The maximum absolute atomic E-state index is 13.1. The highest BCUT2D eigenvalue weighted by Gasteiger charge is 2.41. The molecular weight excluding hydrogens is 384 g/mol. The molecular formula is C19H25ClN4O2S. The predicted molar refractivity (Wildman–Crippen MR) is 107 cm³/mol. The van der Waals surface area contributed by atoms with Crippen molar-refractivity contribution in [1.82, 2.24) is 20.4 Å². The first-order chi connectivity index (χ1) is 12.8. The van der Waals surface area contributed by atoms with Gasteiger partial charge in [-0.25, -0.2) is 0 Å². The second-order valence-electron chi connectivity index (χ2n) is 7.54. The lowest BCUT2D eigenvalue weighted by molar-refractivity contribution is -0.0792. The minimum absolute atomic E-state index is 0. The number of carbonyl (C=O) groups is 1. The lowest BCUT2D eigenvalue weighted by Crippen LogP contribution is -2.44. The van der Waals surface area contributed by atoms with E-state index in [1.165, 1.54) is 10.4 Å². The van der Waals surface area contributed by atoms with Gasteiger partial charge in [0.15, 0.2) is 0 Å². The van der Waals surface area contributed by atoms with Crippen LogP contribution in [0.1, 0.15) is 51.0 Å². The zero-order valence-corrected chi connectivity index (χ0v) is 16.8. The monoisotopic (exact) mass is 408 g/mol. The maximum atomic E-state index is 13.1. The number of ether oxygens (including phenoxy) is 1. The van der Waals surface area contributed by atoms with E-state index in [1.807, 2.05) is 11.0 Å². The number of piperidine rings is 1. The molecule has 0 radical (unpaired) electrons. The molecule has 5 heterocycles. The van der Waals surface area contributed by atoms with Crippen LogP contribution in [0.25, 0.3) is 0 Å². The standard InChI is InChI=1S/C19H24N4O2S.ClH/c24-18(23-9-2-13(12-23)15-1-6-21-22-15)17-11-14-16(26-17)3-10-25-19(14)4-7-20-8-5-19;/h1,6,11,13,20H,2-5,7-10,12H2,(H,21,22);1H. The van der Waals surface area contributed by atoms with Crippen LogP contribution in [0.4, 0.5) is 0 Å². The van der Waals surface area contributed by atoms with Crippen LogP contribution in [0.2, 0.25) is 0 Å². The molecule has 1 amide bonds. The van der Waals surface area contributed by atoms with Crippen LogP contribution in [-0.4, -0.2) is 53.8 Å². The fourth-order valence-electron chi connectivity index (χ4n) is 4.62. The molecule has 2 aromatic heterocycles. The lowest BCUT2D eigenvalue weighted by Gasteiger charge is -2.40. The van der Waals surface area contributed by atoms with Gasteiger partial charge in [-0.2, -0.15) is 5.10 Å². The van der Waals surface area contributed by atoms with Gasteiger partial charge in [-0.15, -0.1) is 23.7 Å². The van der Waals surface area contributed by atoms with Gasteiger partial charge in [0.1, 0.15) is 0 Å². The number of H-pyrrole nitrogens is 1. The fraction of sp³-hybridized carbons (Fsp3) is 0.579. The molecule has 5 rings (SSSR count). The number of amides is 1. The van der Waals surface area contributed by atoms with Crippen LogP contribution in [0.3, 0.4) is 0 Å². The van der Waals surface area contributed by atoms with Gasteiger partial charge in [0.05, 0.1) is 17.1 Å². The zero-order valence-electron chi connectivity index (χ0n) is 15.2. The Bertz CT molecular complexity index is 801. The normalized spacial score (nSPS) is 23.9. The Morgan fingerprint density at radius 2 is 2.22 bits per heavy atom. The summed E-state index contributed by atoms with van der Waals surface area (Å²) in [7, 11) is 0. The number of nitrogens with zero attached hydrogens (tertiary/aromatic N) is 2. The fourth-order valence-corrected chi connectivity index (χ4v) is 5.81. The van der Waals surface area contributed by atoms with Gasteiger partial charge in [-0.1, -0.05) is 0 Å². The second-order valence-corrected chi connectivity index (χ2v) is 8.68. The third-order valence-corrected chi connectivity index (χ3v) is 7.25. The highest BCUT2D eigenvalue weighted by Crippen LogP contribution is 2.44. The van der Waals surface area contributed by atoms with Crippen LogP contribution in [0.15, 0.2) is 18.3 Å². The quantitative estimate of drug-likeness (QED) is 0.801. The highest BCUT2D eigenvalue weighted by molar-refractivity contribution is 7.14. The molecule has 27 heavy (non-hydrogen) atoms. The number of likely N-dealkylation sites (tertiary alicyclic amines) is 1. The molecule has 146 valence electrons. The Morgan fingerprint density at radius 3 is 3.00 bits per heavy atom. The molecule has 1 spiro atoms. The number of hydrogen-bond acceptors (Lipinski definition) is 5. The molecule has 8 heteroatoms. The van der Waals surface area contributed by atoms with E-state index in [4.69, 9.17) is 4.74 Å². The van der Waals surface area contributed by atoms with Gasteiger partial charge in [0.25, 0.3) is 5.91 Å². The number of thiophene rings is 1. The third-order valence-electron chi connectivity index (χ3n) is 6.07. The summed E-state index contributed by atoms with van der Waals surface area (Å²) in [6, 6.07) is 4.15. The summed E-state index contributed by atoms with van der Waals surface area (Å²) >= 11 is 1.68. The molecule has 0 aliphatic carbocycles. The minimum Gasteiger partial charge on any atom is -0.370 e. The first kappa shape index (κ1) is 18.9. The number of rotatable bonds is 2. The summed E-state index contributed by atoms with van der Waals surface area (Å²) < 4.78 is 6.25. The SMILES string of the molecule is Cl.O=C(c1cc2c(s1)CCOC21CCNCC1)N1CCC(c2ccn[nH]2)C1. The van der Waals surface area contributed by atoms with Crippen LogP contribution < -0.4 is 5.32 Å². The van der Waals surface area contributed by atoms with Gasteiger partial charge in [0.2, 0.25) is 0 Å². The molecule has 3 aliphatic heterocycles. The summed E-state index contributed by atoms with van der Waals surface area (Å²) in [5.41, 5.74) is 2.24. The summed E-state index contributed by atoms with van der Waals surface area (Å²) in [5.74, 6) is 0.547. The van der Waals surface area contributed by atoms with Crippen molar-refractivity contribution in [2.24, 2.45) is 0 Å². The van der Waals surface area contributed by atoms with Crippen molar-refractivity contribution in [3.63, 3.8) is 0 Å². The Labute approximate surface area is 169 Å². The second kappa shape index (κ2) is 7.54. The molecule has 1 unspecified atom stereocenters. The van der Waals surface area contributed by atoms with Gasteiger partial charge in [-0.3, -0.25) is 9.89 Å². The smallest absolute Gasteiger partial charge is 0.263 e. The van der Waals surface area contributed by atoms with Crippen molar-refractivity contribution in [2.75, 3.05) is 32.8 Å². The number of halogens is 1. The van der Waals surface area contributed by atoms with Gasteiger partial charge < -0.3 is 15.0 Å². The summed E-state index contributed by atoms with van der Waals surface area (Å²) in [6.45, 7) is 4.33. The summed E-state index contributed by atoms with van der Waals surface area (Å²) in [4.78, 5) is 17.3. The van der Waals surface area contributed by atoms with Gasteiger partial charge in [0, 0.05) is 42.2 Å². The number of aromatic amines is 1. The van der Waals surface area contributed by atoms with Crippen molar-refractivity contribution in [1.29, 1.82) is 0 Å². The molecule has 0 saturated carbocycles. The molecule has 3 aliphatic rings. The average molecular weight is 409 g/mol. The van der Waals surface area contributed by atoms with E-state index in [1.54, 1.807) is 17.5 Å². The van der Waals surface area contributed by atoms with E-state index in [9.17, 15) is 4.79 Å². The largest absolute Gasteiger partial charge is 0.370 e. The molecule has 2 aromatic rings. The summed E-state index contributed by atoms with van der Waals surface area (Å²) in [5, 5.41) is 10.5. The number of hydrogen-bond donors (Lipinski definition) is 2. The zero-order chi connectivity index (χ0) is 17.6. The first-order valence-corrected chi connectivity index (χ1v) is 10.3. The maximum Gasteiger partial charge on any atom is 0.263 e. The van der Waals surface area contributed by atoms with E-state index in [-0.39, 0.29) is 23.9 Å². The van der Waals surface area contributed by atoms with E-state index >= 15 is 0 Å². The van der Waals surface area contributed by atoms with Crippen LogP contribution in [-0.2, 0) is 16.8 Å². The highest BCUT2D eigenvalue weighted by atomic mass is 35.5. The average Bonchev–Trinajstić information content (AvgIpc) is 3.41. The summed E-state index contributed by atoms with van der Waals surface area (Å²) in [6.07, 6.45) is 5.70. The lowest BCUT2D eigenvalue weighted by atomic mass is 9.83. The van der Waals surface area contributed by atoms with Gasteiger partial charge >= 0.3 is 0 Å². The topological polar surface area (TPSA) is 70.2 Å². The number of fused-ring (bicyclic) bond motifs is 2. The predicted octanol–water partition coefficient (Wildman–Crippen LogP) is 2.67. The van der Waals surface area contributed by atoms with Crippen LogP contribution in [0.5, 0.6) is 0 Å². The Morgan fingerprint density at radius 1 is 1.37 bits per heavy atom. The third kappa shape index (κ3) is 3.31. The van der Waals surface area contributed by atoms with Crippen LogP contribution >= 0.6 is 23.7 Å². The van der Waals surface area contributed by atoms with Crippen molar-refractivity contribution < 1.29 is 9.53 Å². The Hall–Kier alpha value is -1.41.